The molecule has 1 fully saturated rings. The molecule has 0 atom stereocenters. The molecule has 1 heterocycles. The average molecular weight is 214 g/mol. The van der Waals surface area contributed by atoms with E-state index in [-0.39, 0.29) is 0 Å². The van der Waals surface area contributed by atoms with Crippen molar-refractivity contribution in [3.05, 3.63) is 0 Å². The Hall–Kier alpha value is -1.26. The number of nitrogens with zero attached hydrogens (tertiary/aromatic N) is 1. The fourth-order valence-corrected chi connectivity index (χ4v) is 1.48. The second kappa shape index (κ2) is 6.27. The van der Waals surface area contributed by atoms with E-state index in [2.05, 4.69) is 10.1 Å². The highest BCUT2D eigenvalue weighted by Crippen LogP contribution is 2.09. The highest BCUT2D eigenvalue weighted by molar-refractivity contribution is 5.83. The van der Waals surface area contributed by atoms with Gasteiger partial charge in [0.15, 0.2) is 0 Å². The molecule has 0 bridgehead atoms. The molecule has 0 aromatic heterocycles. The van der Waals surface area contributed by atoms with Gasteiger partial charge in [0.2, 0.25) is 0 Å². The maximum atomic E-state index is 11.4. The summed E-state index contributed by atoms with van der Waals surface area (Å²) in [7, 11) is 0. The molecule has 0 unspecified atom stereocenters. The molecular formula is C10H18N2O3. The molecule has 5 nitrogen and oxygen atoms in total. The number of carbonyl (C=O) groups excluding carboxylic acids is 2. The Morgan fingerprint density at radius 3 is 2.53 bits per heavy atom. The summed E-state index contributed by atoms with van der Waals surface area (Å²) in [6.07, 6.45) is 2.78. The molecule has 0 radical (unpaired) electrons. The van der Waals surface area contributed by atoms with E-state index in [1.165, 1.54) is 0 Å². The highest BCUT2D eigenvalue weighted by atomic mass is 16.6. The number of hydrogen-bond donors (Lipinski definition) is 1. The Kier molecular flexibility index (Phi) is 4.93. The fraction of sp³-hybridized carbons (Fsp3) is 0.800. The molecule has 1 saturated heterocycles. The average Bonchev–Trinajstić information content (AvgIpc) is 2.27. The molecule has 0 saturated carbocycles. The summed E-state index contributed by atoms with van der Waals surface area (Å²) in [5, 5.41) is 2.49. The molecule has 86 valence electrons. The lowest BCUT2D eigenvalue weighted by molar-refractivity contribution is 0.111. The first-order valence-electron chi connectivity index (χ1n) is 5.48. The molecule has 5 heteroatoms. The van der Waals surface area contributed by atoms with Gasteiger partial charge in [0.25, 0.3) is 0 Å². The third-order valence-electron chi connectivity index (χ3n) is 2.31. The van der Waals surface area contributed by atoms with E-state index in [4.69, 9.17) is 0 Å². The maximum Gasteiger partial charge on any atom is 0.418 e. The van der Waals surface area contributed by atoms with Crippen LogP contribution in [0.4, 0.5) is 9.59 Å². The van der Waals surface area contributed by atoms with Crippen LogP contribution in [0.15, 0.2) is 0 Å². The summed E-state index contributed by atoms with van der Waals surface area (Å²) < 4.78 is 4.63. The maximum absolute atomic E-state index is 11.4. The van der Waals surface area contributed by atoms with Crippen LogP contribution in [0.25, 0.3) is 0 Å². The highest BCUT2D eigenvalue weighted by Gasteiger charge is 2.20. The molecule has 1 rings (SSSR count). The van der Waals surface area contributed by atoms with Crippen LogP contribution >= 0.6 is 0 Å². The SMILES string of the molecule is CCCNC(=O)OC(=O)N1CCCCC1. The van der Waals surface area contributed by atoms with Crippen molar-refractivity contribution in [2.24, 2.45) is 0 Å². The van der Waals surface area contributed by atoms with Crippen molar-refractivity contribution in [2.75, 3.05) is 19.6 Å². The van der Waals surface area contributed by atoms with Crippen LogP contribution in [-0.4, -0.2) is 36.7 Å². The largest absolute Gasteiger partial charge is 0.418 e. The van der Waals surface area contributed by atoms with Crippen molar-refractivity contribution in [2.45, 2.75) is 32.6 Å². The van der Waals surface area contributed by atoms with E-state index >= 15 is 0 Å². The molecule has 0 aliphatic carbocycles. The van der Waals surface area contributed by atoms with Gasteiger partial charge in [0.05, 0.1) is 0 Å². The first kappa shape index (κ1) is 11.8. The number of likely N-dealkylation sites (tertiary alicyclic amines) is 1. The standard InChI is InChI=1S/C10H18N2O3/c1-2-6-11-9(13)15-10(14)12-7-4-3-5-8-12/h2-8H2,1H3,(H,11,13). The molecule has 0 aromatic rings. The van der Waals surface area contributed by atoms with Gasteiger partial charge in [0.1, 0.15) is 0 Å². The van der Waals surface area contributed by atoms with Crippen LogP contribution in [0.1, 0.15) is 32.6 Å². The van der Waals surface area contributed by atoms with Gasteiger partial charge >= 0.3 is 12.2 Å². The zero-order chi connectivity index (χ0) is 11.1. The topological polar surface area (TPSA) is 58.6 Å². The Bertz CT molecular complexity index is 225. The number of piperidine rings is 1. The van der Waals surface area contributed by atoms with Gasteiger partial charge < -0.3 is 15.0 Å². The Labute approximate surface area is 89.8 Å². The lowest BCUT2D eigenvalue weighted by Gasteiger charge is -2.25. The van der Waals surface area contributed by atoms with Crippen molar-refractivity contribution >= 4 is 12.2 Å². The minimum Gasteiger partial charge on any atom is -0.359 e. The molecule has 2 amide bonds. The van der Waals surface area contributed by atoms with E-state index in [0.717, 1.165) is 25.7 Å². The predicted octanol–water partition coefficient (Wildman–Crippen LogP) is 1.73. The Morgan fingerprint density at radius 2 is 1.93 bits per heavy atom. The van der Waals surface area contributed by atoms with Crippen molar-refractivity contribution in [3.63, 3.8) is 0 Å². The summed E-state index contributed by atoms with van der Waals surface area (Å²) in [5.74, 6) is 0. The summed E-state index contributed by atoms with van der Waals surface area (Å²) in [5.41, 5.74) is 0. The second-order valence-corrected chi connectivity index (χ2v) is 3.63. The van der Waals surface area contributed by atoms with Crippen molar-refractivity contribution in [3.8, 4) is 0 Å². The van der Waals surface area contributed by atoms with Crippen LogP contribution in [0, 0.1) is 0 Å². The third-order valence-corrected chi connectivity index (χ3v) is 2.31. The smallest absolute Gasteiger partial charge is 0.359 e. The van der Waals surface area contributed by atoms with E-state index in [1.54, 1.807) is 4.90 Å². The number of rotatable bonds is 2. The summed E-state index contributed by atoms with van der Waals surface area (Å²) in [4.78, 5) is 24.1. The zero-order valence-electron chi connectivity index (χ0n) is 9.12. The third kappa shape index (κ3) is 4.18. The lowest BCUT2D eigenvalue weighted by atomic mass is 10.1. The number of hydrogen-bond acceptors (Lipinski definition) is 3. The van der Waals surface area contributed by atoms with E-state index in [9.17, 15) is 9.59 Å². The molecule has 0 spiro atoms. The van der Waals surface area contributed by atoms with Crippen LogP contribution in [0.3, 0.4) is 0 Å². The number of nitrogens with one attached hydrogen (secondary N) is 1. The predicted molar refractivity (Wildman–Crippen MR) is 55.6 cm³/mol. The monoisotopic (exact) mass is 214 g/mol. The van der Waals surface area contributed by atoms with E-state index in [0.29, 0.717) is 19.6 Å². The second-order valence-electron chi connectivity index (χ2n) is 3.63. The number of carbonyl (C=O) groups is 2. The van der Waals surface area contributed by atoms with Crippen LogP contribution in [0.5, 0.6) is 0 Å². The molecule has 1 aliphatic rings. The van der Waals surface area contributed by atoms with Gasteiger partial charge in [-0.3, -0.25) is 0 Å². The molecule has 1 N–H and O–H groups in total. The van der Waals surface area contributed by atoms with Crippen molar-refractivity contribution in [1.29, 1.82) is 0 Å². The minimum atomic E-state index is -0.646. The van der Waals surface area contributed by atoms with Gasteiger partial charge in [-0.15, -0.1) is 0 Å². The number of ether oxygens (including phenoxy) is 1. The van der Waals surface area contributed by atoms with Gasteiger partial charge in [-0.25, -0.2) is 9.59 Å². The summed E-state index contributed by atoms with van der Waals surface area (Å²) >= 11 is 0. The van der Waals surface area contributed by atoms with Gasteiger partial charge in [-0.2, -0.15) is 0 Å². The van der Waals surface area contributed by atoms with Crippen LogP contribution < -0.4 is 5.32 Å². The molecule has 0 aromatic carbocycles. The van der Waals surface area contributed by atoms with E-state index in [1.807, 2.05) is 6.92 Å². The van der Waals surface area contributed by atoms with Gasteiger partial charge in [-0.05, 0) is 25.7 Å². The minimum absolute atomic E-state index is 0.525. The lowest BCUT2D eigenvalue weighted by Crippen LogP contribution is -2.39. The first-order chi connectivity index (χ1) is 7.24. The fourth-order valence-electron chi connectivity index (χ4n) is 1.48. The Morgan fingerprint density at radius 1 is 1.27 bits per heavy atom. The van der Waals surface area contributed by atoms with Crippen molar-refractivity contribution in [1.82, 2.24) is 10.2 Å². The van der Waals surface area contributed by atoms with Crippen molar-refractivity contribution < 1.29 is 14.3 Å². The van der Waals surface area contributed by atoms with Gasteiger partial charge in [-0.1, -0.05) is 6.92 Å². The molecule has 15 heavy (non-hydrogen) atoms. The van der Waals surface area contributed by atoms with Crippen LogP contribution in [-0.2, 0) is 4.74 Å². The first-order valence-corrected chi connectivity index (χ1v) is 5.48. The summed E-state index contributed by atoms with van der Waals surface area (Å²) in [6, 6.07) is 0. The number of alkyl carbamates (subject to hydrolysis) is 1. The van der Waals surface area contributed by atoms with Crippen LogP contribution in [0.2, 0.25) is 0 Å². The number of amides is 2. The molecule has 1 aliphatic heterocycles. The summed E-state index contributed by atoms with van der Waals surface area (Å²) in [6.45, 7) is 3.86. The zero-order valence-corrected chi connectivity index (χ0v) is 9.12. The molecular weight excluding hydrogens is 196 g/mol. The Balaban J connectivity index is 2.24. The quantitative estimate of drug-likeness (QED) is 0.712. The normalized spacial score (nSPS) is 15.9. The van der Waals surface area contributed by atoms with E-state index < -0.39 is 12.2 Å². The van der Waals surface area contributed by atoms with Gasteiger partial charge in [0, 0.05) is 19.6 Å².